The van der Waals surface area contributed by atoms with E-state index >= 15 is 0 Å². The van der Waals surface area contributed by atoms with Gasteiger partial charge in [-0.1, -0.05) is 6.07 Å². The summed E-state index contributed by atoms with van der Waals surface area (Å²) >= 11 is 1.59. The van der Waals surface area contributed by atoms with Crippen molar-refractivity contribution in [3.63, 3.8) is 0 Å². The number of thiazole rings is 1. The molecule has 0 radical (unpaired) electrons. The molecule has 1 unspecified atom stereocenters. The molecule has 8 heteroatoms. The number of carbonyl (C=O) groups is 3. The minimum absolute atomic E-state index is 0.0990. The topological polar surface area (TPSA) is 99.6 Å². The van der Waals surface area contributed by atoms with E-state index in [9.17, 15) is 14.4 Å². The summed E-state index contributed by atoms with van der Waals surface area (Å²) in [5.41, 5.74) is 2.87. The predicted octanol–water partition coefficient (Wildman–Crippen LogP) is 3.60. The molecule has 1 aliphatic rings. The number of carbonyl (C=O) groups excluding carboxylic acids is 2. The van der Waals surface area contributed by atoms with Gasteiger partial charge < -0.3 is 15.3 Å². The molecule has 1 saturated heterocycles. The van der Waals surface area contributed by atoms with Crippen molar-refractivity contribution in [3.8, 4) is 0 Å². The number of aryl methyl sites for hydroxylation is 2. The molecule has 1 aliphatic heterocycles. The van der Waals surface area contributed by atoms with Gasteiger partial charge in [-0.05, 0) is 49.7 Å². The molecule has 1 atom stereocenters. The lowest BCUT2D eigenvalue weighted by Gasteiger charge is -2.17. The minimum Gasteiger partial charge on any atom is -0.478 e. The highest BCUT2D eigenvalue weighted by atomic mass is 32.1. The Balaban J connectivity index is 1.52. The molecule has 0 saturated carbocycles. The van der Waals surface area contributed by atoms with Crippen molar-refractivity contribution in [2.24, 2.45) is 5.92 Å². The first kappa shape index (κ1) is 19.1. The van der Waals surface area contributed by atoms with Crippen LogP contribution in [0.2, 0.25) is 0 Å². The summed E-state index contributed by atoms with van der Waals surface area (Å²) in [7, 11) is 0. The molecule has 0 spiro atoms. The van der Waals surface area contributed by atoms with Crippen molar-refractivity contribution in [1.82, 2.24) is 4.98 Å². The number of nitrogens with zero attached hydrogens (tertiary/aromatic N) is 2. The number of rotatable bonds is 4. The molecule has 0 bridgehead atoms. The largest absolute Gasteiger partial charge is 0.478 e. The van der Waals surface area contributed by atoms with E-state index in [1.807, 2.05) is 25.1 Å². The fourth-order valence-corrected chi connectivity index (χ4v) is 4.26. The molecule has 0 aliphatic carbocycles. The van der Waals surface area contributed by atoms with Crippen LogP contribution in [0.1, 0.15) is 27.3 Å². The number of hydrogen-bond donors (Lipinski definition) is 2. The number of nitrogens with one attached hydrogen (secondary N) is 1. The van der Waals surface area contributed by atoms with Gasteiger partial charge in [-0.15, -0.1) is 11.3 Å². The second-order valence-electron chi connectivity index (χ2n) is 7.11. The lowest BCUT2D eigenvalue weighted by atomic mass is 10.1. The van der Waals surface area contributed by atoms with E-state index in [4.69, 9.17) is 5.11 Å². The van der Waals surface area contributed by atoms with Crippen LogP contribution in [-0.4, -0.2) is 34.4 Å². The number of amides is 2. The zero-order chi connectivity index (χ0) is 20.7. The Labute approximate surface area is 171 Å². The van der Waals surface area contributed by atoms with E-state index in [-0.39, 0.29) is 30.3 Å². The SMILES string of the molecule is Cc1nc2cc(N3CC(C(=O)Nc4cc(C(=O)O)ccc4C)CC3=O)ccc2s1. The van der Waals surface area contributed by atoms with E-state index in [2.05, 4.69) is 10.3 Å². The number of fused-ring (bicyclic) bond motifs is 1. The molecule has 2 amide bonds. The molecule has 29 heavy (non-hydrogen) atoms. The Kier molecular flexibility index (Phi) is 4.79. The van der Waals surface area contributed by atoms with E-state index in [1.165, 1.54) is 12.1 Å². The first-order valence-corrected chi connectivity index (χ1v) is 9.96. The summed E-state index contributed by atoms with van der Waals surface area (Å²) in [5.74, 6) is -1.98. The quantitative estimate of drug-likeness (QED) is 0.686. The van der Waals surface area contributed by atoms with Crippen molar-refractivity contribution in [2.45, 2.75) is 20.3 Å². The second kappa shape index (κ2) is 7.29. The van der Waals surface area contributed by atoms with Crippen LogP contribution in [0.3, 0.4) is 0 Å². The van der Waals surface area contributed by atoms with Crippen LogP contribution in [0.5, 0.6) is 0 Å². The molecular weight excluding hydrogens is 390 g/mol. The van der Waals surface area contributed by atoms with Gasteiger partial charge in [0.2, 0.25) is 11.8 Å². The average Bonchev–Trinajstić information content (AvgIpc) is 3.24. The van der Waals surface area contributed by atoms with Gasteiger partial charge in [-0.2, -0.15) is 0 Å². The smallest absolute Gasteiger partial charge is 0.335 e. The molecule has 7 nitrogen and oxygen atoms in total. The maximum atomic E-state index is 12.7. The molecule has 2 N–H and O–H groups in total. The summed E-state index contributed by atoms with van der Waals surface area (Å²) in [6.45, 7) is 4.00. The lowest BCUT2D eigenvalue weighted by Crippen LogP contribution is -2.28. The van der Waals surface area contributed by atoms with Gasteiger partial charge in [-0.25, -0.2) is 9.78 Å². The van der Waals surface area contributed by atoms with Crippen molar-refractivity contribution in [2.75, 3.05) is 16.8 Å². The molecule has 2 aromatic carbocycles. The van der Waals surface area contributed by atoms with Gasteiger partial charge in [0.05, 0.1) is 26.7 Å². The van der Waals surface area contributed by atoms with Crippen LogP contribution in [0, 0.1) is 19.8 Å². The molecule has 1 fully saturated rings. The first-order chi connectivity index (χ1) is 13.8. The number of anilines is 2. The Morgan fingerprint density at radius 1 is 1.21 bits per heavy atom. The third-order valence-corrected chi connectivity index (χ3v) is 5.98. The summed E-state index contributed by atoms with van der Waals surface area (Å²) in [4.78, 5) is 42.5. The molecule has 148 valence electrons. The highest BCUT2D eigenvalue weighted by Crippen LogP contribution is 2.31. The second-order valence-corrected chi connectivity index (χ2v) is 8.35. The summed E-state index contributed by atoms with van der Waals surface area (Å²) in [5, 5.41) is 12.9. The average molecular weight is 409 g/mol. The van der Waals surface area contributed by atoms with Gasteiger partial charge in [0.25, 0.3) is 0 Å². The Bertz CT molecular complexity index is 1150. The van der Waals surface area contributed by atoms with Crippen LogP contribution in [0.15, 0.2) is 36.4 Å². The van der Waals surface area contributed by atoms with Crippen molar-refractivity contribution in [1.29, 1.82) is 0 Å². The van der Waals surface area contributed by atoms with Gasteiger partial charge in [0.1, 0.15) is 0 Å². The van der Waals surface area contributed by atoms with Crippen LogP contribution < -0.4 is 10.2 Å². The van der Waals surface area contributed by atoms with Crippen LogP contribution in [0.25, 0.3) is 10.2 Å². The monoisotopic (exact) mass is 409 g/mol. The maximum absolute atomic E-state index is 12.7. The van der Waals surface area contributed by atoms with Crippen molar-refractivity contribution >= 4 is 50.7 Å². The van der Waals surface area contributed by atoms with Crippen LogP contribution in [-0.2, 0) is 9.59 Å². The van der Waals surface area contributed by atoms with Gasteiger partial charge in [-0.3, -0.25) is 9.59 Å². The molecule has 3 aromatic rings. The summed E-state index contributed by atoms with van der Waals surface area (Å²) in [6.07, 6.45) is 0.109. The van der Waals surface area contributed by atoms with Crippen molar-refractivity contribution < 1.29 is 19.5 Å². The maximum Gasteiger partial charge on any atom is 0.335 e. The predicted molar refractivity (Wildman–Crippen MR) is 112 cm³/mol. The van der Waals surface area contributed by atoms with Crippen LogP contribution >= 0.6 is 11.3 Å². The lowest BCUT2D eigenvalue weighted by molar-refractivity contribution is -0.122. The Morgan fingerprint density at radius 2 is 2.00 bits per heavy atom. The standard InChI is InChI=1S/C21H19N3O4S/c1-11-3-4-13(21(27)28)7-16(11)23-20(26)14-8-19(25)24(10-14)15-5-6-18-17(9-15)22-12(2)29-18/h3-7,9,14H,8,10H2,1-2H3,(H,23,26)(H,27,28). The van der Waals surface area contributed by atoms with E-state index < -0.39 is 11.9 Å². The summed E-state index contributed by atoms with van der Waals surface area (Å²) in [6, 6.07) is 10.3. The zero-order valence-corrected chi connectivity index (χ0v) is 16.7. The third-order valence-electron chi connectivity index (χ3n) is 5.03. The van der Waals surface area contributed by atoms with Gasteiger partial charge in [0.15, 0.2) is 0 Å². The third kappa shape index (κ3) is 3.71. The zero-order valence-electron chi connectivity index (χ0n) is 15.9. The van der Waals surface area contributed by atoms with Crippen LogP contribution in [0.4, 0.5) is 11.4 Å². The fourth-order valence-electron chi connectivity index (χ4n) is 3.46. The molecular formula is C21H19N3O4S. The fraction of sp³-hybridized carbons (Fsp3) is 0.238. The van der Waals surface area contributed by atoms with E-state index in [0.717, 1.165) is 26.5 Å². The number of aromatic nitrogens is 1. The Morgan fingerprint density at radius 3 is 2.76 bits per heavy atom. The number of carboxylic acids is 1. The molecule has 1 aromatic heterocycles. The minimum atomic E-state index is -1.06. The number of hydrogen-bond acceptors (Lipinski definition) is 5. The van der Waals surface area contributed by atoms with E-state index in [0.29, 0.717) is 5.69 Å². The van der Waals surface area contributed by atoms with Crippen molar-refractivity contribution in [3.05, 3.63) is 52.5 Å². The molecule has 2 heterocycles. The number of aromatic carboxylic acids is 1. The highest BCUT2D eigenvalue weighted by molar-refractivity contribution is 7.18. The molecule has 4 rings (SSSR count). The summed E-state index contributed by atoms with van der Waals surface area (Å²) < 4.78 is 1.06. The number of benzene rings is 2. The number of carboxylic acid groups (broad SMARTS) is 1. The Hall–Kier alpha value is -3.26. The van der Waals surface area contributed by atoms with E-state index in [1.54, 1.807) is 29.2 Å². The highest BCUT2D eigenvalue weighted by Gasteiger charge is 2.35. The normalized spacial score (nSPS) is 16.4. The van der Waals surface area contributed by atoms with Gasteiger partial charge in [0, 0.05) is 24.3 Å². The van der Waals surface area contributed by atoms with Gasteiger partial charge >= 0.3 is 5.97 Å². The first-order valence-electron chi connectivity index (χ1n) is 9.14.